The fourth-order valence-corrected chi connectivity index (χ4v) is 3.99. The summed E-state index contributed by atoms with van der Waals surface area (Å²) in [5.74, 6) is 1.36. The standard InChI is InChI=1S/C24H33N3O4/c1-17-7-5-6-8-20(17)18(2)26-24(28)25-16-21(27-11-13-31-14-12-27)19-9-10-22(29-3)23(15-19)30-4/h5-10,15,18,21H,11-14,16H2,1-4H3,(H2,25,26,28)/t18-,21-/m0/s1. The lowest BCUT2D eigenvalue weighted by molar-refractivity contribution is 0.0166. The molecule has 0 spiro atoms. The van der Waals surface area contributed by atoms with Crippen molar-refractivity contribution < 1.29 is 19.0 Å². The van der Waals surface area contributed by atoms with Crippen molar-refractivity contribution in [2.45, 2.75) is 25.9 Å². The third kappa shape index (κ3) is 5.89. The van der Waals surface area contributed by atoms with Gasteiger partial charge in [0, 0.05) is 19.6 Å². The predicted octanol–water partition coefficient (Wildman–Crippen LogP) is 3.45. The number of carbonyl (C=O) groups is 1. The fraction of sp³-hybridized carbons (Fsp3) is 0.458. The summed E-state index contributed by atoms with van der Waals surface area (Å²) < 4.78 is 16.4. The maximum Gasteiger partial charge on any atom is 0.315 e. The minimum Gasteiger partial charge on any atom is -0.493 e. The van der Waals surface area contributed by atoms with Gasteiger partial charge in [0.1, 0.15) is 0 Å². The SMILES string of the molecule is COc1ccc([C@H](CNC(=O)N[C@@H](C)c2ccccc2C)N2CCOCC2)cc1OC. The molecule has 0 aromatic heterocycles. The van der Waals surface area contributed by atoms with Crippen LogP contribution in [0.3, 0.4) is 0 Å². The quantitative estimate of drug-likeness (QED) is 0.675. The Morgan fingerprint density at radius 1 is 1.10 bits per heavy atom. The van der Waals surface area contributed by atoms with Crippen LogP contribution in [-0.2, 0) is 4.74 Å². The summed E-state index contributed by atoms with van der Waals surface area (Å²) in [4.78, 5) is 15.0. The van der Waals surface area contributed by atoms with Crippen LogP contribution in [0.4, 0.5) is 4.79 Å². The van der Waals surface area contributed by atoms with Crippen LogP contribution in [0.2, 0.25) is 0 Å². The summed E-state index contributed by atoms with van der Waals surface area (Å²) in [6, 6.07) is 13.7. The van der Waals surface area contributed by atoms with Gasteiger partial charge in [-0.1, -0.05) is 30.3 Å². The molecule has 2 amide bonds. The lowest BCUT2D eigenvalue weighted by atomic mass is 10.0. The van der Waals surface area contributed by atoms with Crippen LogP contribution in [0.1, 0.15) is 35.7 Å². The van der Waals surface area contributed by atoms with Crippen LogP contribution >= 0.6 is 0 Å². The number of morpholine rings is 1. The Hall–Kier alpha value is -2.77. The second-order valence-corrected chi connectivity index (χ2v) is 7.71. The fourth-order valence-electron chi connectivity index (χ4n) is 3.99. The Balaban J connectivity index is 1.70. The molecule has 2 atom stereocenters. The van der Waals surface area contributed by atoms with Gasteiger partial charge in [-0.05, 0) is 42.7 Å². The summed E-state index contributed by atoms with van der Waals surface area (Å²) >= 11 is 0. The van der Waals surface area contributed by atoms with E-state index in [-0.39, 0.29) is 18.1 Å². The number of hydrogen-bond donors (Lipinski definition) is 2. The first-order valence-corrected chi connectivity index (χ1v) is 10.7. The van der Waals surface area contributed by atoms with Crippen LogP contribution in [0.15, 0.2) is 42.5 Å². The lowest BCUT2D eigenvalue weighted by Crippen LogP contribution is -2.46. The van der Waals surface area contributed by atoms with E-state index in [1.807, 2.05) is 43.3 Å². The molecule has 0 radical (unpaired) electrons. The molecule has 0 saturated carbocycles. The van der Waals surface area contributed by atoms with Crippen molar-refractivity contribution in [2.24, 2.45) is 0 Å². The number of carbonyl (C=O) groups excluding carboxylic acids is 1. The molecule has 1 heterocycles. The number of rotatable bonds is 8. The second kappa shape index (κ2) is 11.0. The zero-order valence-corrected chi connectivity index (χ0v) is 18.8. The van der Waals surface area contributed by atoms with E-state index in [2.05, 4.69) is 28.5 Å². The average Bonchev–Trinajstić information content (AvgIpc) is 2.80. The van der Waals surface area contributed by atoms with Gasteiger partial charge in [0.05, 0.1) is 39.5 Å². The highest BCUT2D eigenvalue weighted by Gasteiger charge is 2.24. The summed E-state index contributed by atoms with van der Waals surface area (Å²) in [6.07, 6.45) is 0. The van der Waals surface area contributed by atoms with E-state index in [0.29, 0.717) is 31.3 Å². The van der Waals surface area contributed by atoms with Gasteiger partial charge in [0.25, 0.3) is 0 Å². The Bertz CT molecular complexity index is 868. The zero-order valence-electron chi connectivity index (χ0n) is 18.8. The maximum atomic E-state index is 12.7. The van der Waals surface area contributed by atoms with E-state index in [1.165, 1.54) is 0 Å². The number of ether oxygens (including phenoxy) is 3. The Morgan fingerprint density at radius 3 is 2.48 bits per heavy atom. The largest absolute Gasteiger partial charge is 0.493 e. The van der Waals surface area contributed by atoms with Gasteiger partial charge in [-0.2, -0.15) is 0 Å². The minimum atomic E-state index is -0.186. The lowest BCUT2D eigenvalue weighted by Gasteiger charge is -2.35. The molecule has 2 aromatic carbocycles. The monoisotopic (exact) mass is 427 g/mol. The van der Waals surface area contributed by atoms with E-state index in [9.17, 15) is 4.79 Å². The number of amides is 2. The van der Waals surface area contributed by atoms with Crippen molar-refractivity contribution in [1.82, 2.24) is 15.5 Å². The highest BCUT2D eigenvalue weighted by Crippen LogP contribution is 2.32. The highest BCUT2D eigenvalue weighted by molar-refractivity contribution is 5.74. The molecule has 2 aromatic rings. The van der Waals surface area contributed by atoms with E-state index >= 15 is 0 Å². The first-order valence-electron chi connectivity index (χ1n) is 10.7. The molecular weight excluding hydrogens is 394 g/mol. The van der Waals surface area contributed by atoms with Gasteiger partial charge in [-0.3, -0.25) is 4.90 Å². The number of aryl methyl sites for hydroxylation is 1. The Labute approximate surface area is 184 Å². The molecule has 1 fully saturated rings. The molecule has 1 saturated heterocycles. The number of benzene rings is 2. The molecule has 7 nitrogen and oxygen atoms in total. The van der Waals surface area contributed by atoms with E-state index < -0.39 is 0 Å². The van der Waals surface area contributed by atoms with Crippen molar-refractivity contribution in [2.75, 3.05) is 47.1 Å². The van der Waals surface area contributed by atoms with Crippen LogP contribution in [-0.4, -0.2) is 58.0 Å². The predicted molar refractivity (Wildman–Crippen MR) is 121 cm³/mol. The topological polar surface area (TPSA) is 72.1 Å². The normalized spacial score (nSPS) is 16.3. The molecule has 0 bridgehead atoms. The van der Waals surface area contributed by atoms with E-state index in [1.54, 1.807) is 14.2 Å². The van der Waals surface area contributed by atoms with E-state index in [4.69, 9.17) is 14.2 Å². The van der Waals surface area contributed by atoms with E-state index in [0.717, 1.165) is 29.8 Å². The third-order valence-corrected chi connectivity index (χ3v) is 5.74. The molecule has 168 valence electrons. The smallest absolute Gasteiger partial charge is 0.315 e. The number of hydrogen-bond acceptors (Lipinski definition) is 5. The number of nitrogens with zero attached hydrogens (tertiary/aromatic N) is 1. The van der Waals surface area contributed by atoms with Gasteiger partial charge in [0.2, 0.25) is 0 Å². The van der Waals surface area contributed by atoms with Crippen molar-refractivity contribution in [3.63, 3.8) is 0 Å². The Kier molecular flexibility index (Phi) is 8.14. The summed E-state index contributed by atoms with van der Waals surface area (Å²) in [7, 11) is 3.25. The van der Waals surface area contributed by atoms with Gasteiger partial charge in [-0.25, -0.2) is 4.79 Å². The number of nitrogens with one attached hydrogen (secondary N) is 2. The van der Waals surface area contributed by atoms with Crippen molar-refractivity contribution in [3.8, 4) is 11.5 Å². The maximum absolute atomic E-state index is 12.7. The van der Waals surface area contributed by atoms with Crippen molar-refractivity contribution in [1.29, 1.82) is 0 Å². The average molecular weight is 428 g/mol. The molecule has 0 unspecified atom stereocenters. The Morgan fingerprint density at radius 2 is 1.81 bits per heavy atom. The van der Waals surface area contributed by atoms with Crippen LogP contribution in [0.25, 0.3) is 0 Å². The molecule has 1 aliphatic rings. The summed E-state index contributed by atoms with van der Waals surface area (Å²) in [5.41, 5.74) is 3.33. The third-order valence-electron chi connectivity index (χ3n) is 5.74. The summed E-state index contributed by atoms with van der Waals surface area (Å²) in [5, 5.41) is 6.11. The first kappa shape index (κ1) is 22.9. The van der Waals surface area contributed by atoms with Gasteiger partial charge in [0.15, 0.2) is 11.5 Å². The number of urea groups is 1. The van der Waals surface area contributed by atoms with Crippen LogP contribution in [0, 0.1) is 6.92 Å². The highest BCUT2D eigenvalue weighted by atomic mass is 16.5. The molecule has 0 aliphatic carbocycles. The summed E-state index contributed by atoms with van der Waals surface area (Å²) in [6.45, 7) is 7.50. The van der Waals surface area contributed by atoms with Crippen molar-refractivity contribution in [3.05, 3.63) is 59.2 Å². The molecule has 1 aliphatic heterocycles. The first-order chi connectivity index (χ1) is 15.0. The molecule has 31 heavy (non-hydrogen) atoms. The second-order valence-electron chi connectivity index (χ2n) is 7.71. The van der Waals surface area contributed by atoms with Crippen molar-refractivity contribution >= 4 is 6.03 Å². The molecule has 3 rings (SSSR count). The minimum absolute atomic E-state index is 0.00298. The molecular formula is C24H33N3O4. The van der Waals surface area contributed by atoms with Crippen LogP contribution in [0.5, 0.6) is 11.5 Å². The van der Waals surface area contributed by atoms with Crippen LogP contribution < -0.4 is 20.1 Å². The molecule has 2 N–H and O–H groups in total. The van der Waals surface area contributed by atoms with Gasteiger partial charge in [-0.15, -0.1) is 0 Å². The van der Waals surface area contributed by atoms with Gasteiger partial charge < -0.3 is 24.8 Å². The number of methoxy groups -OCH3 is 2. The van der Waals surface area contributed by atoms with Gasteiger partial charge >= 0.3 is 6.03 Å². The molecule has 7 heteroatoms. The zero-order chi connectivity index (χ0) is 22.2.